The lowest BCUT2D eigenvalue weighted by Crippen LogP contribution is -2.36. The highest BCUT2D eigenvalue weighted by Gasteiger charge is 2.41. The summed E-state index contributed by atoms with van der Waals surface area (Å²) in [4.78, 5) is 24.2. The van der Waals surface area contributed by atoms with Crippen molar-refractivity contribution in [3.63, 3.8) is 0 Å². The van der Waals surface area contributed by atoms with Gasteiger partial charge in [-0.05, 0) is 36.8 Å². The molecule has 0 spiro atoms. The number of nitrogens with one attached hydrogen (secondary N) is 1. The molecule has 0 saturated carbocycles. The van der Waals surface area contributed by atoms with Crippen LogP contribution >= 0.6 is 7.52 Å². The molecule has 0 bridgehead atoms. The highest BCUT2D eigenvalue weighted by Crippen LogP contribution is 2.49. The third-order valence-electron chi connectivity index (χ3n) is 3.96. The second-order valence-corrected chi connectivity index (χ2v) is 8.70. The van der Waals surface area contributed by atoms with Gasteiger partial charge in [-0.15, -0.1) is 0 Å². The fourth-order valence-corrected chi connectivity index (χ4v) is 4.08. The number of carbonyl (C=O) groups excluding carboxylic acids is 2. The van der Waals surface area contributed by atoms with Crippen molar-refractivity contribution in [1.29, 1.82) is 0 Å². The van der Waals surface area contributed by atoms with Gasteiger partial charge in [0.15, 0.2) is 0 Å². The summed E-state index contributed by atoms with van der Waals surface area (Å²) in [5.41, 5.74) is 0.568. The van der Waals surface area contributed by atoms with Crippen LogP contribution in [0.15, 0.2) is 18.2 Å². The van der Waals surface area contributed by atoms with Crippen LogP contribution < -0.4 is 9.61 Å². The van der Waals surface area contributed by atoms with Crippen LogP contribution in [0.25, 0.3) is 0 Å². The highest BCUT2D eigenvalue weighted by atomic mass is 31.2. The number of para-hydroxylation sites is 1. The van der Waals surface area contributed by atoms with Crippen molar-refractivity contribution in [1.82, 2.24) is 5.09 Å². The quantitative estimate of drug-likeness (QED) is 0.470. The first kappa shape index (κ1) is 23.2. The molecule has 0 radical (unpaired) electrons. The first-order valence-corrected chi connectivity index (χ1v) is 10.6. The molecular weight excluding hydrogens is 369 g/mol. The van der Waals surface area contributed by atoms with Crippen LogP contribution in [-0.2, 0) is 18.8 Å². The summed E-state index contributed by atoms with van der Waals surface area (Å²) in [7, 11) is -3.09. The zero-order valence-electron chi connectivity index (χ0n) is 17.1. The molecule has 1 rings (SSSR count). The Kier molecular flexibility index (Phi) is 8.51. The summed E-state index contributed by atoms with van der Waals surface area (Å²) in [6.07, 6.45) is 0. The molecule has 0 heterocycles. The van der Waals surface area contributed by atoms with E-state index in [1.807, 2.05) is 45.9 Å². The van der Waals surface area contributed by atoms with Gasteiger partial charge in [0.1, 0.15) is 11.8 Å². The minimum Gasteiger partial charge on any atom is -0.465 e. The van der Waals surface area contributed by atoms with E-state index in [0.717, 1.165) is 18.2 Å². The SMILES string of the molecule is CCOC(=O)[C@H](C)NP(=O)(Oc1c(C(C)C)cccc1C(C)C)C(=O)OC. The number of methoxy groups -OCH3 is 1. The number of esters is 1. The fourth-order valence-electron chi connectivity index (χ4n) is 2.53. The van der Waals surface area contributed by atoms with Crippen molar-refractivity contribution in [3.05, 3.63) is 29.3 Å². The lowest BCUT2D eigenvalue weighted by atomic mass is 9.94. The molecule has 8 heteroatoms. The number of carbonyl (C=O) groups is 2. The van der Waals surface area contributed by atoms with Crippen LogP contribution in [0.2, 0.25) is 0 Å². The van der Waals surface area contributed by atoms with Crippen LogP contribution in [0, 0.1) is 0 Å². The molecule has 0 amide bonds. The molecule has 0 aliphatic heterocycles. The first-order valence-electron chi connectivity index (χ1n) is 9.02. The van der Waals surface area contributed by atoms with Crippen molar-refractivity contribution >= 4 is 19.2 Å². The van der Waals surface area contributed by atoms with E-state index >= 15 is 0 Å². The van der Waals surface area contributed by atoms with Crippen LogP contribution in [0.1, 0.15) is 64.5 Å². The van der Waals surface area contributed by atoms with E-state index in [2.05, 4.69) is 9.82 Å². The Morgan fingerprint density at radius 2 is 1.59 bits per heavy atom. The molecule has 0 fully saturated rings. The second kappa shape index (κ2) is 9.90. The topological polar surface area (TPSA) is 90.9 Å². The van der Waals surface area contributed by atoms with Gasteiger partial charge in [-0.3, -0.25) is 4.79 Å². The van der Waals surface area contributed by atoms with E-state index in [4.69, 9.17) is 9.26 Å². The third-order valence-corrected chi connectivity index (χ3v) is 5.79. The van der Waals surface area contributed by atoms with Gasteiger partial charge in [0.2, 0.25) is 0 Å². The smallest absolute Gasteiger partial charge is 0.424 e. The highest BCUT2D eigenvalue weighted by molar-refractivity contribution is 7.74. The lowest BCUT2D eigenvalue weighted by Gasteiger charge is -2.25. The lowest BCUT2D eigenvalue weighted by molar-refractivity contribution is -0.144. The van der Waals surface area contributed by atoms with Crippen LogP contribution in [0.4, 0.5) is 4.79 Å². The summed E-state index contributed by atoms with van der Waals surface area (Å²) >= 11 is 0. The summed E-state index contributed by atoms with van der Waals surface area (Å²) in [6, 6.07) is 4.61. The Bertz CT molecular complexity index is 690. The number of rotatable bonds is 9. The number of benzene rings is 1. The molecule has 1 unspecified atom stereocenters. The third kappa shape index (κ3) is 5.81. The maximum absolute atomic E-state index is 13.4. The molecule has 0 aromatic heterocycles. The van der Waals surface area contributed by atoms with E-state index in [1.54, 1.807) is 6.92 Å². The maximum Gasteiger partial charge on any atom is 0.424 e. The largest absolute Gasteiger partial charge is 0.465 e. The van der Waals surface area contributed by atoms with Gasteiger partial charge in [-0.2, -0.15) is 0 Å². The summed E-state index contributed by atoms with van der Waals surface area (Å²) in [5.74, 6) is -0.106. The number of ether oxygens (including phenoxy) is 2. The molecule has 152 valence electrons. The zero-order chi connectivity index (χ0) is 20.8. The van der Waals surface area contributed by atoms with Gasteiger partial charge in [-0.25, -0.2) is 14.4 Å². The average molecular weight is 399 g/mol. The predicted molar refractivity (Wildman–Crippen MR) is 104 cm³/mol. The minimum absolute atomic E-state index is 0.0762. The van der Waals surface area contributed by atoms with E-state index in [-0.39, 0.29) is 18.4 Å². The monoisotopic (exact) mass is 399 g/mol. The summed E-state index contributed by atoms with van der Waals surface area (Å²) in [5, 5.41) is 2.49. The molecule has 1 aromatic rings. The first-order chi connectivity index (χ1) is 12.6. The van der Waals surface area contributed by atoms with Gasteiger partial charge >= 0.3 is 19.2 Å². The van der Waals surface area contributed by atoms with E-state index < -0.39 is 25.2 Å². The van der Waals surface area contributed by atoms with Gasteiger partial charge in [0, 0.05) is 0 Å². The van der Waals surface area contributed by atoms with E-state index in [1.165, 1.54) is 6.92 Å². The van der Waals surface area contributed by atoms with Crippen molar-refractivity contribution in [2.24, 2.45) is 0 Å². The molecule has 27 heavy (non-hydrogen) atoms. The Balaban J connectivity index is 3.38. The normalized spacial score (nSPS) is 14.6. The van der Waals surface area contributed by atoms with Gasteiger partial charge in [-0.1, -0.05) is 45.9 Å². The predicted octanol–water partition coefficient (Wildman–Crippen LogP) is 4.81. The van der Waals surface area contributed by atoms with Crippen molar-refractivity contribution < 1.29 is 28.2 Å². The molecule has 0 saturated heterocycles. The van der Waals surface area contributed by atoms with E-state index in [9.17, 15) is 14.2 Å². The van der Waals surface area contributed by atoms with Crippen LogP contribution in [0.5, 0.6) is 5.75 Å². The maximum atomic E-state index is 13.4. The van der Waals surface area contributed by atoms with Crippen molar-refractivity contribution in [2.75, 3.05) is 13.7 Å². The molecular formula is C19H30NO6P. The molecule has 0 aliphatic carbocycles. The minimum atomic E-state index is -4.21. The molecule has 1 N–H and O–H groups in total. The van der Waals surface area contributed by atoms with Crippen LogP contribution in [0.3, 0.4) is 0 Å². The Labute approximate surface area is 161 Å². The Hall–Kier alpha value is -1.85. The molecule has 0 aliphatic rings. The van der Waals surface area contributed by atoms with Gasteiger partial charge in [0.05, 0.1) is 13.7 Å². The number of hydrogen-bond acceptors (Lipinski definition) is 6. The van der Waals surface area contributed by atoms with Crippen LogP contribution in [-0.4, -0.2) is 31.4 Å². The van der Waals surface area contributed by atoms with Gasteiger partial charge < -0.3 is 14.0 Å². The number of hydrogen-bond donors (Lipinski definition) is 1. The summed E-state index contributed by atoms with van der Waals surface area (Å²) in [6.45, 7) is 11.2. The Morgan fingerprint density at radius 3 is 2.00 bits per heavy atom. The summed E-state index contributed by atoms with van der Waals surface area (Å²) < 4.78 is 28.8. The van der Waals surface area contributed by atoms with E-state index in [0.29, 0.717) is 5.75 Å². The zero-order valence-corrected chi connectivity index (χ0v) is 18.0. The Morgan fingerprint density at radius 1 is 1.07 bits per heavy atom. The van der Waals surface area contributed by atoms with Crippen molar-refractivity contribution in [3.8, 4) is 5.75 Å². The molecule has 1 aromatic carbocycles. The second-order valence-electron chi connectivity index (χ2n) is 6.79. The average Bonchev–Trinajstić information content (AvgIpc) is 2.60. The fraction of sp³-hybridized carbons (Fsp3) is 0.579. The molecule has 2 atom stereocenters. The standard InChI is InChI=1S/C19H30NO6P/c1-8-25-18(21)14(6)20-27(23,19(22)24-7)26-17-15(12(2)3)10-9-11-16(17)13(4)5/h9-14H,8H2,1-7H3,(H,20,23)/t14-,27?/m0/s1. The van der Waals surface area contributed by atoms with Crippen molar-refractivity contribution in [2.45, 2.75) is 59.4 Å². The van der Waals surface area contributed by atoms with Gasteiger partial charge in [0.25, 0.3) is 0 Å². The molecule has 7 nitrogen and oxygen atoms in total.